The SMILES string of the molecule is O=C(N[C@@H](CCCCn1c(CP)noc1=O)C(=O)O)C1CCCCC1. The number of aromatic nitrogens is 2. The number of carboxylic acids is 1. The van der Waals surface area contributed by atoms with E-state index < -0.39 is 17.8 Å². The Bertz CT molecular complexity index is 636. The predicted molar refractivity (Wildman–Crippen MR) is 94.2 cm³/mol. The third-order valence-corrected chi connectivity index (χ3v) is 5.02. The first-order valence-corrected chi connectivity index (χ1v) is 9.63. The maximum Gasteiger partial charge on any atom is 0.441 e. The van der Waals surface area contributed by atoms with Crippen LogP contribution in [0.1, 0.15) is 57.2 Å². The van der Waals surface area contributed by atoms with Crippen molar-refractivity contribution in [2.75, 3.05) is 0 Å². The number of nitrogens with one attached hydrogen (secondary N) is 1. The van der Waals surface area contributed by atoms with Crippen LogP contribution in [0.2, 0.25) is 0 Å². The van der Waals surface area contributed by atoms with E-state index in [1.807, 2.05) is 0 Å². The zero-order valence-electron chi connectivity index (χ0n) is 14.3. The molecule has 9 heteroatoms. The normalized spacial score (nSPS) is 16.5. The van der Waals surface area contributed by atoms with E-state index in [2.05, 4.69) is 24.2 Å². The molecule has 0 bridgehead atoms. The molecule has 0 spiro atoms. The molecule has 0 aromatic carbocycles. The maximum atomic E-state index is 12.2. The van der Waals surface area contributed by atoms with Gasteiger partial charge in [0.1, 0.15) is 6.04 Å². The van der Waals surface area contributed by atoms with Crippen LogP contribution in [0.5, 0.6) is 0 Å². The van der Waals surface area contributed by atoms with E-state index in [0.717, 1.165) is 32.1 Å². The van der Waals surface area contributed by atoms with Crippen molar-refractivity contribution in [1.29, 1.82) is 0 Å². The summed E-state index contributed by atoms with van der Waals surface area (Å²) in [6.45, 7) is 0.426. The van der Waals surface area contributed by atoms with Gasteiger partial charge in [0.2, 0.25) is 5.91 Å². The van der Waals surface area contributed by atoms with Gasteiger partial charge in [0.05, 0.1) is 0 Å². The van der Waals surface area contributed by atoms with E-state index in [-0.39, 0.29) is 11.8 Å². The number of carboxylic acid groups (broad SMARTS) is 1. The third kappa shape index (κ3) is 5.66. The average molecular weight is 371 g/mol. The monoisotopic (exact) mass is 371 g/mol. The lowest BCUT2D eigenvalue weighted by Gasteiger charge is -2.23. The Labute approximate surface area is 148 Å². The molecule has 2 N–H and O–H groups in total. The lowest BCUT2D eigenvalue weighted by molar-refractivity contribution is -0.142. The first-order valence-electron chi connectivity index (χ1n) is 8.81. The highest BCUT2D eigenvalue weighted by Crippen LogP contribution is 2.23. The van der Waals surface area contributed by atoms with Gasteiger partial charge < -0.3 is 10.4 Å². The molecule has 1 amide bonds. The van der Waals surface area contributed by atoms with Gasteiger partial charge >= 0.3 is 11.7 Å². The predicted octanol–water partition coefficient (Wildman–Crippen LogP) is 1.53. The summed E-state index contributed by atoms with van der Waals surface area (Å²) in [5.41, 5.74) is 0. The Morgan fingerprint density at radius 1 is 1.32 bits per heavy atom. The van der Waals surface area contributed by atoms with Crippen LogP contribution in [0.4, 0.5) is 0 Å². The number of carbonyl (C=O) groups excluding carboxylic acids is 1. The van der Waals surface area contributed by atoms with Gasteiger partial charge in [0.15, 0.2) is 5.82 Å². The van der Waals surface area contributed by atoms with Crippen LogP contribution >= 0.6 is 9.24 Å². The molecule has 1 aliphatic carbocycles. The standard InChI is InChI=1S/C16H26N3O5P/c20-14(11-6-2-1-3-7-11)17-12(15(21)22)8-4-5-9-19-13(10-25)18-24-16(19)23/h11-12H,1-10,25H2,(H,17,20)(H,21,22)/t12-/m0/s1. The molecule has 1 saturated carbocycles. The number of rotatable bonds is 9. The number of hydrogen-bond acceptors (Lipinski definition) is 5. The highest BCUT2D eigenvalue weighted by atomic mass is 31.0. The van der Waals surface area contributed by atoms with Crippen molar-refractivity contribution in [2.45, 2.75) is 70.1 Å². The fourth-order valence-electron chi connectivity index (χ4n) is 3.19. The Balaban J connectivity index is 1.79. The minimum atomic E-state index is -1.02. The fourth-order valence-corrected chi connectivity index (χ4v) is 3.49. The minimum absolute atomic E-state index is 0.0594. The van der Waals surface area contributed by atoms with Crippen molar-refractivity contribution in [3.8, 4) is 0 Å². The first kappa shape index (κ1) is 19.6. The molecule has 0 saturated heterocycles. The molecule has 8 nitrogen and oxygen atoms in total. The molecule has 2 rings (SSSR count). The van der Waals surface area contributed by atoms with Crippen LogP contribution in [0.25, 0.3) is 0 Å². The summed E-state index contributed by atoms with van der Waals surface area (Å²) in [7, 11) is 2.48. The molecule has 25 heavy (non-hydrogen) atoms. The van der Waals surface area contributed by atoms with Gasteiger partial charge in [0.25, 0.3) is 0 Å². The van der Waals surface area contributed by atoms with Gasteiger partial charge in [-0.1, -0.05) is 24.4 Å². The number of aliphatic carboxylic acids is 1. The molecule has 2 atom stereocenters. The largest absolute Gasteiger partial charge is 0.480 e. The number of carbonyl (C=O) groups is 2. The summed E-state index contributed by atoms with van der Waals surface area (Å²) in [5, 5.41) is 15.7. The molecule has 0 radical (unpaired) electrons. The highest BCUT2D eigenvalue weighted by molar-refractivity contribution is 7.15. The van der Waals surface area contributed by atoms with Gasteiger partial charge in [-0.15, -0.1) is 9.24 Å². The van der Waals surface area contributed by atoms with Crippen LogP contribution in [-0.4, -0.2) is 32.7 Å². The van der Waals surface area contributed by atoms with Crippen molar-refractivity contribution in [3.05, 3.63) is 16.4 Å². The Morgan fingerprint density at radius 3 is 2.68 bits per heavy atom. The molecule has 1 aromatic rings. The summed E-state index contributed by atoms with van der Waals surface area (Å²) >= 11 is 0. The lowest BCUT2D eigenvalue weighted by Crippen LogP contribution is -2.44. The molecule has 1 aromatic heterocycles. The molecule has 1 aliphatic rings. The smallest absolute Gasteiger partial charge is 0.441 e. The van der Waals surface area contributed by atoms with Crippen molar-refractivity contribution >= 4 is 21.1 Å². The van der Waals surface area contributed by atoms with E-state index in [1.165, 1.54) is 4.57 Å². The lowest BCUT2D eigenvalue weighted by atomic mass is 9.88. The van der Waals surface area contributed by atoms with Crippen molar-refractivity contribution in [3.63, 3.8) is 0 Å². The second kappa shape index (κ2) is 9.70. The minimum Gasteiger partial charge on any atom is -0.480 e. The third-order valence-electron chi connectivity index (χ3n) is 4.66. The molecule has 140 valence electrons. The van der Waals surface area contributed by atoms with E-state index in [4.69, 9.17) is 0 Å². The Hall–Kier alpha value is -1.69. The zero-order chi connectivity index (χ0) is 18.2. The van der Waals surface area contributed by atoms with Gasteiger partial charge in [-0.25, -0.2) is 9.59 Å². The summed E-state index contributed by atoms with van der Waals surface area (Å²) in [4.78, 5) is 35.1. The summed E-state index contributed by atoms with van der Waals surface area (Å²) in [6, 6.07) is -0.880. The van der Waals surface area contributed by atoms with E-state index in [1.54, 1.807) is 0 Å². The van der Waals surface area contributed by atoms with Gasteiger partial charge in [-0.05, 0) is 32.1 Å². The van der Waals surface area contributed by atoms with Gasteiger partial charge in [-0.2, -0.15) is 0 Å². The molecular weight excluding hydrogens is 345 g/mol. The number of amides is 1. The number of nitrogens with zero attached hydrogens (tertiary/aromatic N) is 2. The number of unbranched alkanes of at least 4 members (excludes halogenated alkanes) is 1. The van der Waals surface area contributed by atoms with Crippen LogP contribution in [0.3, 0.4) is 0 Å². The molecule has 0 aliphatic heterocycles. The maximum absolute atomic E-state index is 12.2. The topological polar surface area (TPSA) is 114 Å². The van der Waals surface area contributed by atoms with E-state index in [9.17, 15) is 19.5 Å². The van der Waals surface area contributed by atoms with Crippen LogP contribution in [0, 0.1) is 5.92 Å². The first-order chi connectivity index (χ1) is 12.0. The molecular formula is C16H26N3O5P. The second-order valence-corrected chi connectivity index (χ2v) is 6.86. The van der Waals surface area contributed by atoms with Crippen molar-refractivity contribution < 1.29 is 19.2 Å². The molecule has 1 unspecified atom stereocenters. The molecule has 1 fully saturated rings. The summed E-state index contributed by atoms with van der Waals surface area (Å²) in [5.74, 6) is -1.17. The van der Waals surface area contributed by atoms with Crippen LogP contribution < -0.4 is 11.1 Å². The summed E-state index contributed by atoms with van der Waals surface area (Å²) in [6.07, 6.45) is 6.93. The Kier molecular flexibility index (Phi) is 7.62. The molecule has 1 heterocycles. The van der Waals surface area contributed by atoms with Crippen molar-refractivity contribution in [2.24, 2.45) is 5.92 Å². The number of hydrogen-bond donors (Lipinski definition) is 2. The summed E-state index contributed by atoms with van der Waals surface area (Å²) < 4.78 is 6.06. The van der Waals surface area contributed by atoms with Gasteiger partial charge in [-0.3, -0.25) is 13.9 Å². The quantitative estimate of drug-likeness (QED) is 0.503. The van der Waals surface area contributed by atoms with Crippen LogP contribution in [0.15, 0.2) is 9.32 Å². The fraction of sp³-hybridized carbons (Fsp3) is 0.750. The van der Waals surface area contributed by atoms with Crippen LogP contribution in [-0.2, 0) is 22.3 Å². The highest BCUT2D eigenvalue weighted by Gasteiger charge is 2.26. The average Bonchev–Trinajstić information content (AvgIpc) is 2.97. The van der Waals surface area contributed by atoms with Gasteiger partial charge in [0, 0.05) is 18.6 Å². The van der Waals surface area contributed by atoms with E-state index >= 15 is 0 Å². The Morgan fingerprint density at radius 2 is 2.04 bits per heavy atom. The van der Waals surface area contributed by atoms with Crippen molar-refractivity contribution in [1.82, 2.24) is 15.0 Å². The zero-order valence-corrected chi connectivity index (χ0v) is 15.4. The second-order valence-electron chi connectivity index (χ2n) is 6.45. The van der Waals surface area contributed by atoms with E-state index in [0.29, 0.717) is 37.8 Å².